The SMILES string of the molecule is CNCC1CCN(C(=O)CCn2nc(C)c([N+](=O)[O-])c2C)CC1.Cl. The summed E-state index contributed by atoms with van der Waals surface area (Å²) in [6.07, 6.45) is 2.38. The summed E-state index contributed by atoms with van der Waals surface area (Å²) in [5, 5.41) is 18.4. The van der Waals surface area contributed by atoms with E-state index < -0.39 is 4.92 Å². The van der Waals surface area contributed by atoms with Crippen LogP contribution in [0.5, 0.6) is 0 Å². The van der Waals surface area contributed by atoms with E-state index in [0.717, 1.165) is 32.5 Å². The molecule has 0 bridgehead atoms. The third kappa shape index (κ3) is 4.67. The van der Waals surface area contributed by atoms with Gasteiger partial charge in [-0.3, -0.25) is 19.6 Å². The molecular formula is C15H26ClN5O3. The molecule has 2 heterocycles. The number of nitrogens with zero attached hydrogens (tertiary/aromatic N) is 4. The maximum Gasteiger partial charge on any atom is 0.312 e. The highest BCUT2D eigenvalue weighted by Gasteiger charge is 2.24. The van der Waals surface area contributed by atoms with Crippen LogP contribution in [0, 0.1) is 29.9 Å². The lowest BCUT2D eigenvalue weighted by molar-refractivity contribution is -0.386. The van der Waals surface area contributed by atoms with Gasteiger partial charge >= 0.3 is 5.69 Å². The van der Waals surface area contributed by atoms with Crippen molar-refractivity contribution in [3.05, 3.63) is 21.5 Å². The van der Waals surface area contributed by atoms with Crippen molar-refractivity contribution in [1.82, 2.24) is 20.0 Å². The lowest BCUT2D eigenvalue weighted by Gasteiger charge is -2.32. The van der Waals surface area contributed by atoms with E-state index in [1.807, 2.05) is 11.9 Å². The molecule has 136 valence electrons. The summed E-state index contributed by atoms with van der Waals surface area (Å²) in [7, 11) is 1.95. The highest BCUT2D eigenvalue weighted by molar-refractivity contribution is 5.85. The van der Waals surface area contributed by atoms with E-state index in [1.54, 1.807) is 18.5 Å². The molecular weight excluding hydrogens is 334 g/mol. The van der Waals surface area contributed by atoms with Gasteiger partial charge in [0, 0.05) is 19.5 Å². The molecule has 9 heteroatoms. The fourth-order valence-corrected chi connectivity index (χ4v) is 3.20. The van der Waals surface area contributed by atoms with Gasteiger partial charge in [-0.1, -0.05) is 0 Å². The number of aromatic nitrogens is 2. The van der Waals surface area contributed by atoms with Crippen molar-refractivity contribution in [2.45, 2.75) is 39.7 Å². The topological polar surface area (TPSA) is 93.3 Å². The average molecular weight is 360 g/mol. The number of aryl methyl sites for hydroxylation is 2. The van der Waals surface area contributed by atoms with Gasteiger partial charge in [0.25, 0.3) is 0 Å². The van der Waals surface area contributed by atoms with Crippen molar-refractivity contribution in [3.8, 4) is 0 Å². The van der Waals surface area contributed by atoms with Crippen molar-refractivity contribution >= 4 is 24.0 Å². The molecule has 0 atom stereocenters. The smallest absolute Gasteiger partial charge is 0.312 e. The molecule has 1 aliphatic rings. The van der Waals surface area contributed by atoms with E-state index in [-0.39, 0.29) is 24.0 Å². The van der Waals surface area contributed by atoms with Gasteiger partial charge in [-0.2, -0.15) is 5.10 Å². The van der Waals surface area contributed by atoms with E-state index >= 15 is 0 Å². The van der Waals surface area contributed by atoms with Gasteiger partial charge in [0.05, 0.1) is 11.5 Å². The summed E-state index contributed by atoms with van der Waals surface area (Å²) >= 11 is 0. The normalized spacial score (nSPS) is 15.2. The van der Waals surface area contributed by atoms with Gasteiger partial charge in [-0.05, 0) is 46.2 Å². The van der Waals surface area contributed by atoms with E-state index in [1.165, 1.54) is 0 Å². The molecule has 2 rings (SSSR count). The summed E-state index contributed by atoms with van der Waals surface area (Å²) in [6, 6.07) is 0. The van der Waals surface area contributed by atoms with Crippen LogP contribution >= 0.6 is 12.4 Å². The molecule has 0 aromatic carbocycles. The summed E-state index contributed by atoms with van der Waals surface area (Å²) < 4.78 is 1.57. The zero-order valence-corrected chi connectivity index (χ0v) is 15.3. The second-order valence-corrected chi connectivity index (χ2v) is 6.13. The van der Waals surface area contributed by atoms with Crippen LogP contribution in [0.25, 0.3) is 0 Å². The summed E-state index contributed by atoms with van der Waals surface area (Å²) in [4.78, 5) is 24.8. The largest absolute Gasteiger partial charge is 0.343 e. The summed E-state index contributed by atoms with van der Waals surface area (Å²) in [6.45, 7) is 6.26. The Labute approximate surface area is 148 Å². The van der Waals surface area contributed by atoms with Gasteiger partial charge in [-0.25, -0.2) is 0 Å². The molecule has 8 nitrogen and oxygen atoms in total. The lowest BCUT2D eigenvalue weighted by Crippen LogP contribution is -2.40. The third-order valence-electron chi connectivity index (χ3n) is 4.52. The van der Waals surface area contributed by atoms with Crippen LogP contribution in [-0.4, -0.2) is 52.2 Å². The number of halogens is 1. The van der Waals surface area contributed by atoms with Crippen LogP contribution in [0.3, 0.4) is 0 Å². The molecule has 1 saturated heterocycles. The quantitative estimate of drug-likeness (QED) is 0.616. The Hall–Kier alpha value is -1.67. The number of hydrogen-bond acceptors (Lipinski definition) is 5. The number of carbonyl (C=O) groups is 1. The highest BCUT2D eigenvalue weighted by Crippen LogP contribution is 2.22. The van der Waals surface area contributed by atoms with E-state index in [9.17, 15) is 14.9 Å². The minimum atomic E-state index is -0.414. The summed E-state index contributed by atoms with van der Waals surface area (Å²) in [5.74, 6) is 0.742. The van der Waals surface area contributed by atoms with Gasteiger partial charge in [0.2, 0.25) is 5.91 Å². The molecule has 1 amide bonds. The number of piperidine rings is 1. The summed E-state index contributed by atoms with van der Waals surface area (Å²) in [5.41, 5.74) is 0.950. The maximum atomic E-state index is 12.3. The Morgan fingerprint density at radius 3 is 2.50 bits per heavy atom. The fourth-order valence-electron chi connectivity index (χ4n) is 3.20. The second-order valence-electron chi connectivity index (χ2n) is 6.13. The maximum absolute atomic E-state index is 12.3. The number of carbonyl (C=O) groups excluding carboxylic acids is 1. The number of rotatable bonds is 6. The second kappa shape index (κ2) is 8.98. The zero-order chi connectivity index (χ0) is 17.0. The predicted molar refractivity (Wildman–Crippen MR) is 93.5 cm³/mol. The minimum Gasteiger partial charge on any atom is -0.343 e. The number of likely N-dealkylation sites (tertiary alicyclic amines) is 1. The van der Waals surface area contributed by atoms with Gasteiger partial charge in [-0.15, -0.1) is 12.4 Å². The van der Waals surface area contributed by atoms with Crippen LogP contribution in [0.1, 0.15) is 30.7 Å². The van der Waals surface area contributed by atoms with Gasteiger partial charge < -0.3 is 10.2 Å². The third-order valence-corrected chi connectivity index (χ3v) is 4.52. The molecule has 1 aliphatic heterocycles. The fraction of sp³-hybridized carbons (Fsp3) is 0.733. The molecule has 0 unspecified atom stereocenters. The van der Waals surface area contributed by atoms with Crippen molar-refractivity contribution in [3.63, 3.8) is 0 Å². The molecule has 1 aromatic heterocycles. The van der Waals surface area contributed by atoms with Gasteiger partial charge in [0.15, 0.2) is 0 Å². The molecule has 24 heavy (non-hydrogen) atoms. The first-order valence-corrected chi connectivity index (χ1v) is 8.04. The standard InChI is InChI=1S/C15H25N5O3.ClH/c1-11-15(20(22)23)12(2)19(17-11)9-6-14(21)18-7-4-13(5-8-18)10-16-3;/h13,16H,4-10H2,1-3H3;1H. The predicted octanol–water partition coefficient (Wildman–Crippen LogP) is 1.68. The number of nitro groups is 1. The first kappa shape index (κ1) is 20.4. The monoisotopic (exact) mass is 359 g/mol. The number of amides is 1. The first-order valence-electron chi connectivity index (χ1n) is 8.04. The van der Waals surface area contributed by atoms with Crippen LogP contribution in [0.4, 0.5) is 5.69 Å². The average Bonchev–Trinajstić information content (AvgIpc) is 2.80. The van der Waals surface area contributed by atoms with Crippen LogP contribution in [0.2, 0.25) is 0 Å². The van der Waals surface area contributed by atoms with Crippen molar-refractivity contribution in [1.29, 1.82) is 0 Å². The van der Waals surface area contributed by atoms with Crippen molar-refractivity contribution in [2.24, 2.45) is 5.92 Å². The number of hydrogen-bond donors (Lipinski definition) is 1. The van der Waals surface area contributed by atoms with Crippen molar-refractivity contribution in [2.75, 3.05) is 26.7 Å². The molecule has 0 saturated carbocycles. The highest BCUT2D eigenvalue weighted by atomic mass is 35.5. The number of nitrogens with one attached hydrogen (secondary N) is 1. The molecule has 0 aliphatic carbocycles. The Morgan fingerprint density at radius 1 is 1.38 bits per heavy atom. The Morgan fingerprint density at radius 2 is 2.00 bits per heavy atom. The van der Waals surface area contributed by atoms with E-state index in [4.69, 9.17) is 0 Å². The molecule has 0 spiro atoms. The molecule has 1 fully saturated rings. The Bertz CT molecular complexity index is 582. The first-order chi connectivity index (χ1) is 10.9. The minimum absolute atomic E-state index is 0. The lowest BCUT2D eigenvalue weighted by atomic mass is 9.96. The Balaban J connectivity index is 0.00000288. The van der Waals surface area contributed by atoms with Crippen LogP contribution < -0.4 is 5.32 Å². The molecule has 1 aromatic rings. The van der Waals surface area contributed by atoms with Crippen molar-refractivity contribution < 1.29 is 9.72 Å². The zero-order valence-electron chi connectivity index (χ0n) is 14.4. The Kier molecular flexibility index (Phi) is 7.62. The van der Waals surface area contributed by atoms with E-state index in [2.05, 4.69) is 10.4 Å². The van der Waals surface area contributed by atoms with Gasteiger partial charge in [0.1, 0.15) is 11.4 Å². The van der Waals surface area contributed by atoms with Crippen LogP contribution in [-0.2, 0) is 11.3 Å². The molecule has 0 radical (unpaired) electrons. The molecule has 1 N–H and O–H groups in total. The van der Waals surface area contributed by atoms with E-state index in [0.29, 0.717) is 30.3 Å². The van der Waals surface area contributed by atoms with Crippen LogP contribution in [0.15, 0.2) is 0 Å².